The Bertz CT molecular complexity index is 749. The first-order valence-electron chi connectivity index (χ1n) is 8.26. The number of hydrogen-bond donors (Lipinski definition) is 1. The summed E-state index contributed by atoms with van der Waals surface area (Å²) in [5, 5.41) is 12.5. The summed E-state index contributed by atoms with van der Waals surface area (Å²) in [6.45, 7) is 1.49. The molecule has 1 N–H and O–H groups in total. The summed E-state index contributed by atoms with van der Waals surface area (Å²) in [4.78, 5) is 6.45. The van der Waals surface area contributed by atoms with Crippen molar-refractivity contribution in [2.45, 2.75) is 18.1 Å². The second-order valence-corrected chi connectivity index (χ2v) is 7.32. The minimum Gasteiger partial charge on any atom is -0.369 e. The van der Waals surface area contributed by atoms with E-state index in [1.807, 2.05) is 4.90 Å². The molecule has 1 saturated heterocycles. The summed E-state index contributed by atoms with van der Waals surface area (Å²) >= 11 is 1.53. The van der Waals surface area contributed by atoms with E-state index in [0.29, 0.717) is 5.75 Å². The second-order valence-electron chi connectivity index (χ2n) is 6.37. The number of fused-ring (bicyclic) bond motifs is 1. The van der Waals surface area contributed by atoms with E-state index in [1.54, 1.807) is 24.3 Å². The number of hydrogen-bond acceptors (Lipinski definition) is 4. The zero-order valence-electron chi connectivity index (χ0n) is 13.5. The molecule has 25 heavy (non-hydrogen) atoms. The first kappa shape index (κ1) is 16.5. The summed E-state index contributed by atoms with van der Waals surface area (Å²) in [6, 6.07) is 12.3. The highest BCUT2D eigenvalue weighted by Crippen LogP contribution is 2.45. The highest BCUT2D eigenvalue weighted by molar-refractivity contribution is 8.14. The van der Waals surface area contributed by atoms with E-state index in [9.17, 15) is 13.9 Å². The highest BCUT2D eigenvalue weighted by Gasteiger charge is 2.50. The van der Waals surface area contributed by atoms with Crippen molar-refractivity contribution in [1.29, 1.82) is 0 Å². The molecule has 2 aromatic carbocycles. The van der Waals surface area contributed by atoms with Crippen LogP contribution >= 0.6 is 11.8 Å². The number of thioether (sulfide) groups is 1. The van der Waals surface area contributed by atoms with E-state index >= 15 is 0 Å². The van der Waals surface area contributed by atoms with Crippen LogP contribution in [0.3, 0.4) is 0 Å². The van der Waals surface area contributed by atoms with Crippen LogP contribution in [0.4, 0.5) is 8.78 Å². The van der Waals surface area contributed by atoms with Gasteiger partial charge in [-0.3, -0.25) is 4.99 Å². The predicted molar refractivity (Wildman–Crippen MR) is 95.7 cm³/mol. The van der Waals surface area contributed by atoms with Crippen LogP contribution in [0.15, 0.2) is 53.5 Å². The average molecular weight is 360 g/mol. The van der Waals surface area contributed by atoms with Gasteiger partial charge in [0, 0.05) is 18.8 Å². The lowest BCUT2D eigenvalue weighted by atomic mass is 9.82. The SMILES string of the molecule is OC1(C(c2ccc(F)cc2)c2ccc(F)cc2)CSC2=NCCCN21. The minimum atomic E-state index is -1.18. The Labute approximate surface area is 149 Å². The van der Waals surface area contributed by atoms with Crippen molar-refractivity contribution in [2.75, 3.05) is 18.8 Å². The van der Waals surface area contributed by atoms with Crippen LogP contribution in [-0.4, -0.2) is 39.7 Å². The molecule has 0 aromatic heterocycles. The second kappa shape index (κ2) is 6.42. The zero-order valence-corrected chi connectivity index (χ0v) is 14.3. The van der Waals surface area contributed by atoms with E-state index in [4.69, 9.17) is 0 Å². The molecule has 1 atom stereocenters. The van der Waals surface area contributed by atoms with Gasteiger partial charge >= 0.3 is 0 Å². The van der Waals surface area contributed by atoms with Crippen LogP contribution in [0.25, 0.3) is 0 Å². The molecule has 0 saturated carbocycles. The molecule has 1 fully saturated rings. The molecule has 0 radical (unpaired) electrons. The fourth-order valence-electron chi connectivity index (χ4n) is 3.59. The molecule has 6 heteroatoms. The molecule has 0 aliphatic carbocycles. The molecule has 2 aromatic rings. The van der Waals surface area contributed by atoms with Crippen LogP contribution in [0.2, 0.25) is 0 Å². The van der Waals surface area contributed by atoms with Gasteiger partial charge in [0.15, 0.2) is 10.9 Å². The number of aliphatic hydroxyl groups is 1. The quantitative estimate of drug-likeness (QED) is 0.909. The molecule has 2 heterocycles. The van der Waals surface area contributed by atoms with Crippen molar-refractivity contribution in [3.8, 4) is 0 Å². The summed E-state index contributed by atoms with van der Waals surface area (Å²) in [5.74, 6) is -0.609. The Kier molecular flexibility index (Phi) is 4.25. The molecular weight excluding hydrogens is 342 g/mol. The maximum Gasteiger partial charge on any atom is 0.161 e. The Balaban J connectivity index is 1.82. The molecule has 2 aliphatic heterocycles. The predicted octanol–water partition coefficient (Wildman–Crippen LogP) is 3.59. The summed E-state index contributed by atoms with van der Waals surface area (Å²) in [6.07, 6.45) is 0.881. The molecule has 0 spiro atoms. The van der Waals surface area contributed by atoms with Gasteiger partial charge in [0.2, 0.25) is 0 Å². The van der Waals surface area contributed by atoms with Gasteiger partial charge in [-0.15, -0.1) is 0 Å². The van der Waals surface area contributed by atoms with Crippen LogP contribution in [0.5, 0.6) is 0 Å². The van der Waals surface area contributed by atoms with Crippen molar-refractivity contribution in [3.05, 3.63) is 71.3 Å². The first-order valence-corrected chi connectivity index (χ1v) is 9.25. The Morgan fingerprint density at radius 2 is 1.56 bits per heavy atom. The van der Waals surface area contributed by atoms with Gasteiger partial charge < -0.3 is 10.0 Å². The third-order valence-corrected chi connectivity index (χ3v) is 5.94. The largest absolute Gasteiger partial charge is 0.369 e. The average Bonchev–Trinajstić information content (AvgIpc) is 2.97. The molecule has 2 aliphatic rings. The van der Waals surface area contributed by atoms with Crippen molar-refractivity contribution in [2.24, 2.45) is 4.99 Å². The standard InChI is InChI=1S/C19H18F2N2OS/c20-15-6-2-13(3-7-15)17(14-4-8-16(21)9-5-14)19(24)12-25-18-22-10-1-11-23(18)19/h2-9,17,24H,1,10-12H2. The number of rotatable bonds is 3. The number of halogens is 2. The number of benzene rings is 2. The van der Waals surface area contributed by atoms with Crippen LogP contribution in [0, 0.1) is 11.6 Å². The van der Waals surface area contributed by atoms with E-state index in [2.05, 4.69) is 4.99 Å². The fourth-order valence-corrected chi connectivity index (χ4v) is 4.84. The lowest BCUT2D eigenvalue weighted by Gasteiger charge is -2.42. The van der Waals surface area contributed by atoms with Gasteiger partial charge in [-0.2, -0.15) is 0 Å². The van der Waals surface area contributed by atoms with Gasteiger partial charge in [-0.05, 0) is 41.8 Å². The van der Waals surface area contributed by atoms with E-state index in [0.717, 1.165) is 35.8 Å². The zero-order chi connectivity index (χ0) is 17.4. The van der Waals surface area contributed by atoms with E-state index < -0.39 is 11.6 Å². The molecule has 4 rings (SSSR count). The van der Waals surface area contributed by atoms with Gasteiger partial charge in [0.05, 0.1) is 5.92 Å². The number of amidine groups is 1. The summed E-state index contributed by atoms with van der Waals surface area (Å²) in [7, 11) is 0. The number of aliphatic imine (C=N–C) groups is 1. The third kappa shape index (κ3) is 2.93. The Morgan fingerprint density at radius 3 is 2.12 bits per heavy atom. The Morgan fingerprint density at radius 1 is 1.00 bits per heavy atom. The van der Waals surface area contributed by atoms with Crippen LogP contribution in [0.1, 0.15) is 23.5 Å². The maximum absolute atomic E-state index is 13.4. The smallest absolute Gasteiger partial charge is 0.161 e. The lowest BCUT2D eigenvalue weighted by molar-refractivity contribution is -0.0573. The van der Waals surface area contributed by atoms with E-state index in [-0.39, 0.29) is 11.6 Å². The van der Waals surface area contributed by atoms with E-state index in [1.165, 1.54) is 36.0 Å². The van der Waals surface area contributed by atoms with Crippen LogP contribution < -0.4 is 0 Å². The monoisotopic (exact) mass is 360 g/mol. The molecule has 0 amide bonds. The van der Waals surface area contributed by atoms with Gasteiger partial charge in [-0.1, -0.05) is 36.0 Å². The van der Waals surface area contributed by atoms with Gasteiger partial charge in [-0.25, -0.2) is 8.78 Å². The molecule has 3 nitrogen and oxygen atoms in total. The number of nitrogens with zero attached hydrogens (tertiary/aromatic N) is 2. The lowest BCUT2D eigenvalue weighted by Crippen LogP contribution is -2.53. The molecule has 0 bridgehead atoms. The first-order chi connectivity index (χ1) is 12.1. The highest BCUT2D eigenvalue weighted by atomic mass is 32.2. The summed E-state index contributed by atoms with van der Waals surface area (Å²) in [5.41, 5.74) is 0.408. The van der Waals surface area contributed by atoms with Crippen molar-refractivity contribution >= 4 is 16.9 Å². The fraction of sp³-hybridized carbons (Fsp3) is 0.316. The molecule has 130 valence electrons. The van der Waals surface area contributed by atoms with Gasteiger partial charge in [0.1, 0.15) is 11.6 Å². The maximum atomic E-state index is 13.4. The van der Waals surface area contributed by atoms with Crippen molar-refractivity contribution < 1.29 is 13.9 Å². The minimum absolute atomic E-state index is 0.324. The normalized spacial score (nSPS) is 22.9. The van der Waals surface area contributed by atoms with Crippen molar-refractivity contribution in [3.63, 3.8) is 0 Å². The van der Waals surface area contributed by atoms with Crippen molar-refractivity contribution in [1.82, 2.24) is 4.90 Å². The molecule has 1 unspecified atom stereocenters. The van der Waals surface area contributed by atoms with Crippen LogP contribution in [-0.2, 0) is 0 Å². The topological polar surface area (TPSA) is 35.8 Å². The molecular formula is C19H18F2N2OS. The Hall–Kier alpha value is -1.92. The third-order valence-electron chi connectivity index (χ3n) is 4.77. The van der Waals surface area contributed by atoms with Gasteiger partial charge in [0.25, 0.3) is 0 Å². The summed E-state index contributed by atoms with van der Waals surface area (Å²) < 4.78 is 26.8.